The molecule has 9 rings (SSSR count). The minimum Gasteiger partial charge on any atom is -0.486 e. The van der Waals surface area contributed by atoms with Gasteiger partial charge in [0.15, 0.2) is 0 Å². The number of para-hydroxylation sites is 2. The maximum atomic E-state index is 6.29. The van der Waals surface area contributed by atoms with Crippen LogP contribution in [0.2, 0.25) is 17.3 Å². The van der Waals surface area contributed by atoms with Crippen LogP contribution in [0, 0.1) is 25.0 Å². The van der Waals surface area contributed by atoms with Gasteiger partial charge in [-0.05, 0) is 54.4 Å². The van der Waals surface area contributed by atoms with Crippen LogP contribution in [0.15, 0.2) is 144 Å². The Kier molecular flexibility index (Phi) is 12.1. The van der Waals surface area contributed by atoms with E-state index < -0.39 is 13.3 Å². The summed E-state index contributed by atoms with van der Waals surface area (Å²) >= 11 is -1.87. The number of pyridine rings is 2. The first-order valence-corrected chi connectivity index (χ1v) is 26.8. The molecule has 0 N–H and O–H groups in total. The Morgan fingerprint density at radius 1 is 0.754 bits per heavy atom. The van der Waals surface area contributed by atoms with Gasteiger partial charge in [0.25, 0.3) is 0 Å². The summed E-state index contributed by atoms with van der Waals surface area (Å²) in [6.07, 6.45) is 4.54. The van der Waals surface area contributed by atoms with Gasteiger partial charge in [0.2, 0.25) is 5.71 Å². The van der Waals surface area contributed by atoms with Crippen LogP contribution in [0.1, 0.15) is 31.5 Å². The average Bonchev–Trinajstić information content (AvgIpc) is 3.79. The van der Waals surface area contributed by atoms with E-state index in [4.69, 9.17) is 14.4 Å². The number of benzene rings is 5. The van der Waals surface area contributed by atoms with Gasteiger partial charge in [-0.25, -0.2) is 4.98 Å². The van der Waals surface area contributed by atoms with E-state index in [0.717, 1.165) is 73.8 Å². The molecule has 287 valence electrons. The monoisotopic (exact) mass is 985 g/mol. The zero-order chi connectivity index (χ0) is 38.8. The molecule has 4 heterocycles. The summed E-state index contributed by atoms with van der Waals surface area (Å²) in [6, 6.07) is 52.4. The van der Waals surface area contributed by atoms with Gasteiger partial charge in [0.1, 0.15) is 0 Å². The van der Waals surface area contributed by atoms with Gasteiger partial charge >= 0.3 is 132 Å². The van der Waals surface area contributed by atoms with Crippen molar-refractivity contribution in [2.45, 2.75) is 50.9 Å². The molecule has 0 spiro atoms. The molecule has 0 amide bonds. The molecular weight excluding hydrogens is 937 g/mol. The zero-order valence-electron chi connectivity index (χ0n) is 33.3. The van der Waals surface area contributed by atoms with Gasteiger partial charge in [-0.3, -0.25) is 4.98 Å². The Hall–Kier alpha value is -5.14. The molecular formula is C50H46GeIrN4O-2. The molecule has 7 heteroatoms. The van der Waals surface area contributed by atoms with Gasteiger partial charge in [0.05, 0.1) is 22.4 Å². The number of furan rings is 1. The summed E-state index contributed by atoms with van der Waals surface area (Å²) in [5, 5.41) is 2.01. The molecule has 0 saturated heterocycles. The van der Waals surface area contributed by atoms with E-state index in [1.807, 2.05) is 61.5 Å². The summed E-state index contributed by atoms with van der Waals surface area (Å²) < 4.78 is 10.0. The minimum absolute atomic E-state index is 0. The van der Waals surface area contributed by atoms with Crippen LogP contribution in [0.25, 0.3) is 72.6 Å². The molecule has 0 bridgehead atoms. The van der Waals surface area contributed by atoms with Crippen molar-refractivity contribution in [3.63, 3.8) is 0 Å². The first kappa shape index (κ1) is 40.1. The summed E-state index contributed by atoms with van der Waals surface area (Å²) in [5.74, 6) is 8.87. The second-order valence-electron chi connectivity index (χ2n) is 15.6. The normalized spacial score (nSPS) is 12.0. The van der Waals surface area contributed by atoms with Crippen molar-refractivity contribution in [2.75, 3.05) is 0 Å². The third-order valence-electron chi connectivity index (χ3n) is 10.5. The Morgan fingerprint density at radius 3 is 2.23 bits per heavy atom. The van der Waals surface area contributed by atoms with Crippen molar-refractivity contribution in [3.8, 4) is 39.5 Å². The van der Waals surface area contributed by atoms with E-state index >= 15 is 0 Å². The first-order valence-electron chi connectivity index (χ1n) is 19.5. The molecule has 9 aromatic rings. The van der Waals surface area contributed by atoms with Crippen LogP contribution in [0.5, 0.6) is 0 Å². The Balaban J connectivity index is 0.000000195. The van der Waals surface area contributed by atoms with Gasteiger partial charge in [-0.15, -0.1) is 18.2 Å². The minimum atomic E-state index is -1.87. The summed E-state index contributed by atoms with van der Waals surface area (Å²) in [6.45, 7) is 6.59. The quantitative estimate of drug-likeness (QED) is 0.112. The molecule has 1 unspecified atom stereocenters. The SMILES string of the molecule is CCC(C)Cc1cc(-c2[c-]cccc2)nc[c]1[Ge]([CH3])([CH3])[CH3].Cc1ccc2c(n1)oc1c(-c3nc4ccccc4n3-c3ccc(-c4ccccc4)cc3)[c-]ccc12.[Ir]. The van der Waals surface area contributed by atoms with Crippen molar-refractivity contribution in [1.82, 2.24) is 19.5 Å². The van der Waals surface area contributed by atoms with E-state index in [1.54, 1.807) is 4.40 Å². The van der Waals surface area contributed by atoms with Crippen molar-refractivity contribution >= 4 is 50.8 Å². The molecule has 0 saturated carbocycles. The fraction of sp³-hybridized carbons (Fsp3) is 0.180. The molecule has 0 aliphatic carbocycles. The number of rotatable bonds is 8. The van der Waals surface area contributed by atoms with Crippen LogP contribution in [-0.4, -0.2) is 32.8 Å². The molecule has 0 aliphatic rings. The predicted octanol–water partition coefficient (Wildman–Crippen LogP) is 12.4. The molecule has 5 aromatic carbocycles. The number of nitrogens with zero attached hydrogens (tertiary/aromatic N) is 4. The smallest absolute Gasteiger partial charge is 0.216 e. The van der Waals surface area contributed by atoms with E-state index in [0.29, 0.717) is 5.71 Å². The maximum Gasteiger partial charge on any atom is 0.216 e. The summed E-state index contributed by atoms with van der Waals surface area (Å²) in [4.78, 5) is 14.4. The standard InChI is InChI=1S/C31H20N3O.C19H26GeN.Ir/c1-20-14-19-25-24-10-7-11-26(29(24)35-31(25)32-20)30-33-27-12-5-6-13-28(27)34(30)23-17-15-22(16-18-23)21-8-3-2-4-9-21;1-6-15(2)12-17-13-19(16-10-8-7-9-11-16)21-14-18(17)20(3,4)5;/h2-10,12-19H,1H3;7-10,13-15H,6,12H2,1-5H3;/q2*-1;. The van der Waals surface area contributed by atoms with E-state index in [1.165, 1.54) is 23.1 Å². The van der Waals surface area contributed by atoms with E-state index in [2.05, 4.69) is 138 Å². The third kappa shape index (κ3) is 8.45. The molecule has 5 nitrogen and oxygen atoms in total. The van der Waals surface area contributed by atoms with Gasteiger partial charge < -0.3 is 8.98 Å². The first-order chi connectivity index (χ1) is 27.2. The number of aryl methyl sites for hydroxylation is 1. The summed E-state index contributed by atoms with van der Waals surface area (Å²) in [5.41, 5.74) is 12.1. The largest absolute Gasteiger partial charge is 0.486 e. The van der Waals surface area contributed by atoms with Gasteiger partial charge in [-0.1, -0.05) is 65.5 Å². The van der Waals surface area contributed by atoms with Gasteiger partial charge in [-0.2, -0.15) is 0 Å². The van der Waals surface area contributed by atoms with E-state index in [-0.39, 0.29) is 20.1 Å². The fourth-order valence-electron chi connectivity index (χ4n) is 7.33. The third-order valence-corrected chi connectivity index (χ3v) is 14.8. The molecule has 1 atom stereocenters. The van der Waals surface area contributed by atoms with Crippen LogP contribution >= 0.6 is 0 Å². The van der Waals surface area contributed by atoms with Crippen molar-refractivity contribution in [1.29, 1.82) is 0 Å². The topological polar surface area (TPSA) is 56.7 Å². The van der Waals surface area contributed by atoms with E-state index in [9.17, 15) is 0 Å². The molecule has 1 radical (unpaired) electrons. The number of imidazole rings is 1. The Labute approximate surface area is 352 Å². The van der Waals surface area contributed by atoms with Crippen LogP contribution in [-0.2, 0) is 26.5 Å². The van der Waals surface area contributed by atoms with Crippen molar-refractivity contribution in [3.05, 3.63) is 163 Å². The zero-order valence-corrected chi connectivity index (χ0v) is 37.8. The van der Waals surface area contributed by atoms with Crippen molar-refractivity contribution in [2.24, 2.45) is 5.92 Å². The molecule has 0 aliphatic heterocycles. The number of fused-ring (bicyclic) bond motifs is 4. The predicted molar refractivity (Wildman–Crippen MR) is 235 cm³/mol. The second kappa shape index (κ2) is 17.2. The average molecular weight is 984 g/mol. The second-order valence-corrected chi connectivity index (χ2v) is 26.2. The van der Waals surface area contributed by atoms with Crippen LogP contribution < -0.4 is 4.40 Å². The van der Waals surface area contributed by atoms with Crippen LogP contribution in [0.4, 0.5) is 0 Å². The van der Waals surface area contributed by atoms with Gasteiger partial charge in [0, 0.05) is 36.9 Å². The number of aromatic nitrogens is 4. The number of hydrogen-bond donors (Lipinski definition) is 0. The molecule has 57 heavy (non-hydrogen) atoms. The molecule has 4 aromatic heterocycles. The number of hydrogen-bond acceptors (Lipinski definition) is 4. The maximum absolute atomic E-state index is 6.29. The fourth-order valence-corrected chi connectivity index (χ4v) is 10.7. The molecule has 0 fully saturated rings. The van der Waals surface area contributed by atoms with Crippen LogP contribution in [0.3, 0.4) is 0 Å². The summed E-state index contributed by atoms with van der Waals surface area (Å²) in [7, 11) is 0. The Bertz CT molecular complexity index is 2770. The Morgan fingerprint density at radius 2 is 1.49 bits per heavy atom. The van der Waals surface area contributed by atoms with Crippen molar-refractivity contribution < 1.29 is 24.5 Å².